The van der Waals surface area contributed by atoms with Crippen LogP contribution >= 0.6 is 22.9 Å². The number of alkyl halides is 3. The van der Waals surface area contributed by atoms with Crippen molar-refractivity contribution in [1.82, 2.24) is 10.3 Å². The molecule has 0 fully saturated rings. The first-order valence-corrected chi connectivity index (χ1v) is 8.68. The minimum absolute atomic E-state index is 0.00543. The number of anilines is 1. The summed E-state index contributed by atoms with van der Waals surface area (Å²) in [5.41, 5.74) is 0.249. The molecule has 3 rings (SSSR count). The molecule has 0 aliphatic heterocycles. The van der Waals surface area contributed by atoms with Crippen molar-refractivity contribution >= 4 is 44.7 Å². The number of thiophene rings is 1. The number of hydrogen-bond donors (Lipinski definition) is 2. The number of aromatic nitrogens is 1. The number of carbonyl (C=O) groups excluding carboxylic acids is 1. The quantitative estimate of drug-likeness (QED) is 0.602. The van der Waals surface area contributed by atoms with Crippen LogP contribution < -0.4 is 10.6 Å². The van der Waals surface area contributed by atoms with Crippen molar-refractivity contribution in [3.8, 4) is 0 Å². The van der Waals surface area contributed by atoms with Gasteiger partial charge in [-0.25, -0.2) is 4.79 Å². The third kappa shape index (κ3) is 3.91. The topological polar surface area (TPSA) is 54.0 Å². The second kappa shape index (κ2) is 7.13. The van der Waals surface area contributed by atoms with Crippen LogP contribution in [-0.2, 0) is 12.7 Å². The van der Waals surface area contributed by atoms with Gasteiger partial charge in [0.15, 0.2) is 0 Å². The van der Waals surface area contributed by atoms with Crippen molar-refractivity contribution in [2.75, 3.05) is 5.32 Å². The first kappa shape index (κ1) is 18.5. The molecule has 2 aromatic heterocycles. The molecule has 0 bridgehead atoms. The van der Waals surface area contributed by atoms with Crippen LogP contribution in [0.2, 0.25) is 5.02 Å². The van der Waals surface area contributed by atoms with E-state index in [-0.39, 0.29) is 11.6 Å². The Labute approximate surface area is 156 Å². The number of aryl methyl sites for hydroxylation is 1. The van der Waals surface area contributed by atoms with Crippen molar-refractivity contribution in [1.29, 1.82) is 0 Å². The highest BCUT2D eigenvalue weighted by Crippen LogP contribution is 2.34. The molecule has 1 aromatic carbocycles. The van der Waals surface area contributed by atoms with Crippen molar-refractivity contribution in [2.45, 2.75) is 19.6 Å². The summed E-state index contributed by atoms with van der Waals surface area (Å²) in [6.45, 7) is 1.89. The monoisotopic (exact) mass is 399 g/mol. The average Bonchev–Trinajstić information content (AvgIpc) is 2.88. The third-order valence-electron chi connectivity index (χ3n) is 3.73. The Bertz CT molecular complexity index is 972. The van der Waals surface area contributed by atoms with E-state index in [4.69, 9.17) is 11.6 Å². The van der Waals surface area contributed by atoms with Gasteiger partial charge in [-0.1, -0.05) is 17.7 Å². The normalized spacial score (nSPS) is 11.6. The highest BCUT2D eigenvalue weighted by Gasteiger charge is 2.30. The molecule has 0 atom stereocenters. The van der Waals surface area contributed by atoms with Crippen molar-refractivity contribution in [2.24, 2.45) is 0 Å². The van der Waals surface area contributed by atoms with Gasteiger partial charge in [0.05, 0.1) is 16.0 Å². The van der Waals surface area contributed by atoms with E-state index >= 15 is 0 Å². The summed E-state index contributed by atoms with van der Waals surface area (Å²) in [7, 11) is 0. The summed E-state index contributed by atoms with van der Waals surface area (Å²) < 4.78 is 38.9. The summed E-state index contributed by atoms with van der Waals surface area (Å²) in [6.07, 6.45) is -1.10. The molecular formula is C17H13ClF3N3OS. The van der Waals surface area contributed by atoms with E-state index in [9.17, 15) is 18.0 Å². The first-order valence-electron chi connectivity index (χ1n) is 7.49. The summed E-state index contributed by atoms with van der Waals surface area (Å²) >= 11 is 7.40. The van der Waals surface area contributed by atoms with Crippen molar-refractivity contribution in [3.05, 3.63) is 57.7 Å². The molecule has 26 heavy (non-hydrogen) atoms. The summed E-state index contributed by atoms with van der Waals surface area (Å²) in [4.78, 5) is 17.1. The number of benzene rings is 1. The van der Waals surface area contributed by atoms with Crippen LogP contribution in [0, 0.1) is 6.92 Å². The number of hydrogen-bond acceptors (Lipinski definition) is 3. The fourth-order valence-electron chi connectivity index (χ4n) is 2.43. The summed E-state index contributed by atoms with van der Waals surface area (Å²) in [5, 5.41) is 6.20. The van der Waals surface area contributed by atoms with Gasteiger partial charge < -0.3 is 10.6 Å². The zero-order chi connectivity index (χ0) is 18.9. The Morgan fingerprint density at radius 1 is 1.31 bits per heavy atom. The predicted octanol–water partition coefficient (Wildman–Crippen LogP) is 5.60. The van der Waals surface area contributed by atoms with E-state index in [0.717, 1.165) is 27.1 Å². The van der Waals surface area contributed by atoms with Gasteiger partial charge in [0.2, 0.25) is 0 Å². The van der Waals surface area contributed by atoms with Crippen LogP contribution in [0.1, 0.15) is 16.0 Å². The van der Waals surface area contributed by atoms with E-state index < -0.39 is 17.8 Å². The predicted molar refractivity (Wildman–Crippen MR) is 96.7 cm³/mol. The molecule has 0 saturated heterocycles. The lowest BCUT2D eigenvalue weighted by Gasteiger charge is -2.11. The number of carbonyl (C=O) groups is 1. The van der Waals surface area contributed by atoms with Gasteiger partial charge >= 0.3 is 12.2 Å². The third-order valence-corrected chi connectivity index (χ3v) is 5.13. The Hall–Kier alpha value is -2.32. The lowest BCUT2D eigenvalue weighted by Crippen LogP contribution is -2.28. The highest BCUT2D eigenvalue weighted by atomic mass is 35.5. The van der Waals surface area contributed by atoms with E-state index in [0.29, 0.717) is 11.3 Å². The molecule has 0 unspecified atom stereocenters. The maximum atomic E-state index is 12.6. The lowest BCUT2D eigenvalue weighted by atomic mass is 10.1. The minimum Gasteiger partial charge on any atom is -0.334 e. The average molecular weight is 400 g/mol. The lowest BCUT2D eigenvalue weighted by molar-refractivity contribution is -0.137. The highest BCUT2D eigenvalue weighted by molar-refractivity contribution is 7.19. The van der Waals surface area contributed by atoms with Crippen molar-refractivity contribution in [3.63, 3.8) is 0 Å². The maximum Gasteiger partial charge on any atom is 0.416 e. The van der Waals surface area contributed by atoms with E-state index in [1.807, 2.05) is 6.92 Å². The van der Waals surface area contributed by atoms with Gasteiger partial charge in [-0.05, 0) is 30.7 Å². The SMILES string of the molecule is Cc1sc2cnccc2c1NC(=O)NCc1ccc(C(F)(F)F)cc1Cl. The Balaban J connectivity index is 1.68. The molecular weight excluding hydrogens is 387 g/mol. The molecule has 4 nitrogen and oxygen atoms in total. The number of rotatable bonds is 3. The van der Waals surface area contributed by atoms with Gasteiger partial charge in [0.1, 0.15) is 0 Å². The van der Waals surface area contributed by atoms with Gasteiger partial charge in [-0.2, -0.15) is 13.2 Å². The molecule has 0 aliphatic rings. The van der Waals surface area contributed by atoms with Gasteiger partial charge in [0.25, 0.3) is 0 Å². The number of halogens is 4. The first-order chi connectivity index (χ1) is 12.3. The Morgan fingerprint density at radius 3 is 2.77 bits per heavy atom. The molecule has 2 N–H and O–H groups in total. The molecule has 3 aromatic rings. The number of nitrogens with zero attached hydrogens (tertiary/aromatic N) is 1. The second-order valence-corrected chi connectivity index (χ2v) is 7.18. The maximum absolute atomic E-state index is 12.6. The van der Waals surface area contributed by atoms with Gasteiger partial charge in [-0.15, -0.1) is 11.3 Å². The van der Waals surface area contributed by atoms with Crippen LogP contribution in [0.25, 0.3) is 10.1 Å². The standard InChI is InChI=1S/C17H13ClF3N3OS/c1-9-15(12-4-5-22-8-14(12)26-9)24-16(25)23-7-10-2-3-11(6-13(10)18)17(19,20)21/h2-6,8H,7H2,1H3,(H2,23,24,25). The number of amides is 2. The molecule has 0 saturated carbocycles. The smallest absolute Gasteiger partial charge is 0.334 e. The van der Waals surface area contributed by atoms with Gasteiger partial charge in [0, 0.05) is 34.2 Å². The molecule has 136 valence electrons. The fourth-order valence-corrected chi connectivity index (χ4v) is 3.66. The summed E-state index contributed by atoms with van der Waals surface area (Å²) in [6, 6.07) is 4.37. The zero-order valence-corrected chi connectivity index (χ0v) is 15.0. The molecule has 2 heterocycles. The van der Waals surface area contributed by atoms with E-state index in [1.165, 1.54) is 17.4 Å². The Kier molecular flexibility index (Phi) is 5.06. The van der Waals surface area contributed by atoms with Gasteiger partial charge in [-0.3, -0.25) is 4.98 Å². The van der Waals surface area contributed by atoms with E-state index in [1.54, 1.807) is 18.5 Å². The van der Waals surface area contributed by atoms with Crippen LogP contribution in [0.3, 0.4) is 0 Å². The van der Waals surface area contributed by atoms with Crippen molar-refractivity contribution < 1.29 is 18.0 Å². The molecule has 0 aliphatic carbocycles. The summed E-state index contributed by atoms with van der Waals surface area (Å²) in [5.74, 6) is 0. The molecule has 0 spiro atoms. The molecule has 0 radical (unpaired) electrons. The minimum atomic E-state index is -4.46. The zero-order valence-electron chi connectivity index (χ0n) is 13.4. The number of pyridine rings is 1. The number of fused-ring (bicyclic) bond motifs is 1. The van der Waals surface area contributed by atoms with Crippen LogP contribution in [0.15, 0.2) is 36.7 Å². The molecule has 2 amide bonds. The largest absolute Gasteiger partial charge is 0.416 e. The van der Waals surface area contributed by atoms with Crippen LogP contribution in [0.4, 0.5) is 23.7 Å². The van der Waals surface area contributed by atoms with Crippen LogP contribution in [-0.4, -0.2) is 11.0 Å². The number of nitrogens with one attached hydrogen (secondary N) is 2. The Morgan fingerprint density at radius 2 is 2.08 bits per heavy atom. The fraction of sp³-hybridized carbons (Fsp3) is 0.176. The second-order valence-electron chi connectivity index (χ2n) is 5.52. The van der Waals surface area contributed by atoms with E-state index in [2.05, 4.69) is 15.6 Å². The van der Waals surface area contributed by atoms with Crippen LogP contribution in [0.5, 0.6) is 0 Å². The number of urea groups is 1. The molecule has 9 heteroatoms.